The van der Waals surface area contributed by atoms with Gasteiger partial charge in [-0.25, -0.2) is 4.39 Å². The summed E-state index contributed by atoms with van der Waals surface area (Å²) in [4.78, 5) is 0. The molecule has 1 atom stereocenters. The van der Waals surface area contributed by atoms with E-state index in [4.69, 9.17) is 27.2 Å². The summed E-state index contributed by atoms with van der Waals surface area (Å²) in [5.41, 5.74) is 6.82. The fraction of sp³-hybridized carbons (Fsp3) is 0.200. The lowest BCUT2D eigenvalue weighted by Gasteiger charge is -2.11. The standard InChI is InChI=1S/C15H15ClFNO2/c16-13-2-1-3-14(17)12(13)9-20-11-6-4-10(5-7-11)15(18)8-19/h1-7,15,19H,8-9,18H2/t15-/m0/s1. The third kappa shape index (κ3) is 3.48. The molecule has 0 radical (unpaired) electrons. The minimum Gasteiger partial charge on any atom is -0.489 e. The highest BCUT2D eigenvalue weighted by Crippen LogP contribution is 2.22. The number of halogens is 2. The Labute approximate surface area is 121 Å². The van der Waals surface area contributed by atoms with Crippen LogP contribution < -0.4 is 10.5 Å². The van der Waals surface area contributed by atoms with E-state index in [2.05, 4.69) is 0 Å². The van der Waals surface area contributed by atoms with Crippen LogP contribution in [0.15, 0.2) is 42.5 Å². The van der Waals surface area contributed by atoms with Crippen molar-refractivity contribution in [3.63, 3.8) is 0 Å². The highest BCUT2D eigenvalue weighted by atomic mass is 35.5. The summed E-state index contributed by atoms with van der Waals surface area (Å²) in [6.45, 7) is -0.0675. The molecule has 2 aromatic rings. The minimum atomic E-state index is -0.412. The Hall–Kier alpha value is -1.62. The SMILES string of the molecule is N[C@@H](CO)c1ccc(OCc2c(F)cccc2Cl)cc1. The van der Waals surface area contributed by atoms with Crippen LogP contribution in [0, 0.1) is 5.82 Å². The molecule has 106 valence electrons. The second-order valence-corrected chi connectivity index (χ2v) is 4.75. The number of hydrogen-bond donors (Lipinski definition) is 2. The number of nitrogens with two attached hydrogens (primary N) is 1. The van der Waals surface area contributed by atoms with Gasteiger partial charge in [0.1, 0.15) is 18.2 Å². The summed E-state index contributed by atoms with van der Waals surface area (Å²) in [6, 6.07) is 11.1. The third-order valence-electron chi connectivity index (χ3n) is 2.95. The summed E-state index contributed by atoms with van der Waals surface area (Å²) in [5.74, 6) is 0.189. The highest BCUT2D eigenvalue weighted by molar-refractivity contribution is 6.31. The van der Waals surface area contributed by atoms with Crippen molar-refractivity contribution in [2.75, 3.05) is 6.61 Å². The average Bonchev–Trinajstić information content (AvgIpc) is 2.46. The topological polar surface area (TPSA) is 55.5 Å². The van der Waals surface area contributed by atoms with Crippen molar-refractivity contribution in [2.24, 2.45) is 5.73 Å². The predicted octanol–water partition coefficient (Wildman–Crippen LogP) is 3.05. The van der Waals surface area contributed by atoms with Crippen molar-refractivity contribution in [3.05, 3.63) is 64.4 Å². The number of aliphatic hydroxyl groups excluding tert-OH is 1. The summed E-state index contributed by atoms with van der Waals surface area (Å²) in [5, 5.41) is 9.30. The summed E-state index contributed by atoms with van der Waals surface area (Å²) in [6.07, 6.45) is 0. The number of hydrogen-bond acceptors (Lipinski definition) is 3. The van der Waals surface area contributed by atoms with Gasteiger partial charge in [-0.1, -0.05) is 29.8 Å². The van der Waals surface area contributed by atoms with Crippen LogP contribution in [-0.2, 0) is 6.61 Å². The quantitative estimate of drug-likeness (QED) is 0.891. The molecule has 0 amide bonds. The maximum absolute atomic E-state index is 13.6. The molecule has 2 rings (SSSR count). The number of rotatable bonds is 5. The van der Waals surface area contributed by atoms with Gasteiger partial charge in [0.05, 0.1) is 17.7 Å². The lowest BCUT2D eigenvalue weighted by molar-refractivity contribution is 0.267. The van der Waals surface area contributed by atoms with Crippen molar-refractivity contribution in [1.29, 1.82) is 0 Å². The molecule has 0 aliphatic carbocycles. The first kappa shape index (κ1) is 14.8. The molecule has 0 saturated heterocycles. The van der Waals surface area contributed by atoms with E-state index in [-0.39, 0.29) is 13.2 Å². The van der Waals surface area contributed by atoms with Crippen molar-refractivity contribution in [1.82, 2.24) is 0 Å². The molecule has 0 aromatic heterocycles. The van der Waals surface area contributed by atoms with Gasteiger partial charge in [-0.3, -0.25) is 0 Å². The smallest absolute Gasteiger partial charge is 0.131 e. The normalized spacial score (nSPS) is 12.2. The van der Waals surface area contributed by atoms with Crippen LogP contribution in [0.4, 0.5) is 4.39 Å². The van der Waals surface area contributed by atoms with Crippen molar-refractivity contribution >= 4 is 11.6 Å². The van der Waals surface area contributed by atoms with Gasteiger partial charge in [0.2, 0.25) is 0 Å². The Morgan fingerprint density at radius 3 is 2.50 bits per heavy atom. The molecule has 0 heterocycles. The summed E-state index contributed by atoms with van der Waals surface area (Å²) in [7, 11) is 0. The zero-order valence-corrected chi connectivity index (χ0v) is 11.5. The van der Waals surface area contributed by atoms with Crippen molar-refractivity contribution < 1.29 is 14.2 Å². The van der Waals surface area contributed by atoms with Gasteiger partial charge in [0, 0.05) is 5.56 Å². The minimum absolute atomic E-state index is 0.0525. The van der Waals surface area contributed by atoms with E-state index in [0.29, 0.717) is 16.3 Å². The average molecular weight is 296 g/mol. The van der Waals surface area contributed by atoms with E-state index in [1.807, 2.05) is 0 Å². The van der Waals surface area contributed by atoms with E-state index in [0.717, 1.165) is 5.56 Å². The molecule has 5 heteroatoms. The first-order valence-electron chi connectivity index (χ1n) is 6.14. The van der Waals surface area contributed by atoms with E-state index < -0.39 is 11.9 Å². The molecule has 3 nitrogen and oxygen atoms in total. The Morgan fingerprint density at radius 2 is 1.90 bits per heavy atom. The zero-order chi connectivity index (χ0) is 14.5. The lowest BCUT2D eigenvalue weighted by Crippen LogP contribution is -2.14. The zero-order valence-electron chi connectivity index (χ0n) is 10.7. The molecule has 3 N–H and O–H groups in total. The molecule has 0 aliphatic rings. The number of ether oxygens (including phenoxy) is 1. The van der Waals surface area contributed by atoms with E-state index in [1.54, 1.807) is 36.4 Å². The first-order valence-corrected chi connectivity index (χ1v) is 6.51. The van der Waals surface area contributed by atoms with Gasteiger partial charge in [0.25, 0.3) is 0 Å². The van der Waals surface area contributed by atoms with Crippen LogP contribution in [0.5, 0.6) is 5.75 Å². The van der Waals surface area contributed by atoms with E-state index in [1.165, 1.54) is 6.07 Å². The second-order valence-electron chi connectivity index (χ2n) is 4.35. The highest BCUT2D eigenvalue weighted by Gasteiger charge is 2.08. The van der Waals surface area contributed by atoms with Gasteiger partial charge >= 0.3 is 0 Å². The summed E-state index contributed by atoms with van der Waals surface area (Å²) >= 11 is 5.92. The van der Waals surface area contributed by atoms with Crippen LogP contribution in [0.3, 0.4) is 0 Å². The predicted molar refractivity (Wildman–Crippen MR) is 76.2 cm³/mol. The second kappa shape index (κ2) is 6.70. The van der Waals surface area contributed by atoms with Crippen LogP contribution >= 0.6 is 11.6 Å². The summed E-state index contributed by atoms with van der Waals surface area (Å²) < 4.78 is 19.1. The molecule has 0 aliphatic heterocycles. The Kier molecular flexibility index (Phi) is 4.95. The Morgan fingerprint density at radius 1 is 1.20 bits per heavy atom. The van der Waals surface area contributed by atoms with Gasteiger partial charge in [-0.15, -0.1) is 0 Å². The molecule has 0 unspecified atom stereocenters. The Balaban J connectivity index is 2.04. The van der Waals surface area contributed by atoms with E-state index >= 15 is 0 Å². The fourth-order valence-electron chi connectivity index (χ4n) is 1.74. The van der Waals surface area contributed by atoms with Gasteiger partial charge in [-0.2, -0.15) is 0 Å². The Bertz CT molecular complexity index is 554. The van der Waals surface area contributed by atoms with Crippen LogP contribution in [0.1, 0.15) is 17.2 Å². The monoisotopic (exact) mass is 295 g/mol. The number of benzene rings is 2. The molecule has 0 fully saturated rings. The molecule has 20 heavy (non-hydrogen) atoms. The largest absolute Gasteiger partial charge is 0.489 e. The molecular formula is C15H15ClFNO2. The maximum Gasteiger partial charge on any atom is 0.131 e. The molecule has 0 saturated carbocycles. The van der Waals surface area contributed by atoms with Crippen LogP contribution in [0.2, 0.25) is 5.02 Å². The van der Waals surface area contributed by atoms with Crippen molar-refractivity contribution in [2.45, 2.75) is 12.6 Å². The molecule has 2 aromatic carbocycles. The van der Waals surface area contributed by atoms with Gasteiger partial charge in [-0.05, 0) is 29.8 Å². The van der Waals surface area contributed by atoms with Gasteiger partial charge < -0.3 is 15.6 Å². The number of aliphatic hydroxyl groups is 1. The molecule has 0 bridgehead atoms. The van der Waals surface area contributed by atoms with Crippen LogP contribution in [-0.4, -0.2) is 11.7 Å². The fourth-order valence-corrected chi connectivity index (χ4v) is 1.96. The third-order valence-corrected chi connectivity index (χ3v) is 3.30. The molecular weight excluding hydrogens is 281 g/mol. The maximum atomic E-state index is 13.6. The van der Waals surface area contributed by atoms with E-state index in [9.17, 15) is 4.39 Å². The van der Waals surface area contributed by atoms with Crippen molar-refractivity contribution in [3.8, 4) is 5.75 Å². The van der Waals surface area contributed by atoms with Gasteiger partial charge in [0.15, 0.2) is 0 Å². The first-order chi connectivity index (χ1) is 9.61. The van der Waals surface area contributed by atoms with Crippen LogP contribution in [0.25, 0.3) is 0 Å². The molecule has 0 spiro atoms. The lowest BCUT2D eigenvalue weighted by atomic mass is 10.1.